The van der Waals surface area contributed by atoms with Crippen molar-refractivity contribution in [1.82, 2.24) is 5.01 Å². The van der Waals surface area contributed by atoms with Crippen LogP contribution in [0.25, 0.3) is 0 Å². The molecule has 0 saturated heterocycles. The van der Waals surface area contributed by atoms with E-state index in [0.29, 0.717) is 0 Å². The zero-order chi connectivity index (χ0) is 20.0. The fourth-order valence-electron chi connectivity index (χ4n) is 3.95. The summed E-state index contributed by atoms with van der Waals surface area (Å²) in [4.78, 5) is 0. The van der Waals surface area contributed by atoms with Gasteiger partial charge in [-0.25, -0.2) is 5.01 Å². The highest BCUT2D eigenvalue weighted by Gasteiger charge is 2.42. The molecule has 2 unspecified atom stereocenters. The fourth-order valence-corrected chi connectivity index (χ4v) is 4.46. The standard InChI is InChI=1S/C23H18BrClN2O2/c1-28-21-5-3-2-4-17(21)23-27-20(18-12-15(24)8-11-22(18)29-23)13-19(26-27)14-6-9-16(25)10-7-14/h2-12,20,23H,13H2,1H3. The predicted octanol–water partition coefficient (Wildman–Crippen LogP) is 6.35. The van der Waals surface area contributed by atoms with Gasteiger partial charge >= 0.3 is 0 Å². The van der Waals surface area contributed by atoms with Crippen molar-refractivity contribution in [3.63, 3.8) is 0 Å². The average Bonchev–Trinajstić information content (AvgIpc) is 3.19. The zero-order valence-electron chi connectivity index (χ0n) is 15.7. The maximum atomic E-state index is 6.43. The van der Waals surface area contributed by atoms with Crippen LogP contribution in [-0.4, -0.2) is 17.8 Å². The number of hydrogen-bond donors (Lipinski definition) is 0. The lowest BCUT2D eigenvalue weighted by molar-refractivity contribution is -0.0203. The number of fused-ring (bicyclic) bond motifs is 3. The summed E-state index contributed by atoms with van der Waals surface area (Å²) in [6, 6.07) is 22.0. The van der Waals surface area contributed by atoms with Gasteiger partial charge in [0.15, 0.2) is 0 Å². The van der Waals surface area contributed by atoms with Crippen LogP contribution >= 0.6 is 27.5 Å². The first-order valence-corrected chi connectivity index (χ1v) is 10.5. The van der Waals surface area contributed by atoms with Crippen molar-refractivity contribution < 1.29 is 9.47 Å². The summed E-state index contributed by atoms with van der Waals surface area (Å²) in [7, 11) is 1.68. The number of rotatable bonds is 3. The first-order chi connectivity index (χ1) is 14.1. The maximum Gasteiger partial charge on any atom is 0.217 e. The lowest BCUT2D eigenvalue weighted by Crippen LogP contribution is -2.34. The van der Waals surface area contributed by atoms with Gasteiger partial charge in [-0.2, -0.15) is 5.10 Å². The summed E-state index contributed by atoms with van der Waals surface area (Å²) in [5.74, 6) is 1.66. The van der Waals surface area contributed by atoms with E-state index in [2.05, 4.69) is 27.0 Å². The zero-order valence-corrected chi connectivity index (χ0v) is 18.0. The van der Waals surface area contributed by atoms with Crippen molar-refractivity contribution in [2.45, 2.75) is 18.7 Å². The summed E-state index contributed by atoms with van der Waals surface area (Å²) in [6.07, 6.45) is 0.426. The molecule has 3 aromatic rings. The second kappa shape index (κ2) is 7.39. The Morgan fingerprint density at radius 3 is 2.66 bits per heavy atom. The summed E-state index contributed by atoms with van der Waals surface area (Å²) < 4.78 is 13.1. The molecule has 4 nitrogen and oxygen atoms in total. The largest absolute Gasteiger partial charge is 0.496 e. The van der Waals surface area contributed by atoms with Gasteiger partial charge in [-0.05, 0) is 48.0 Å². The Bertz CT molecular complexity index is 1100. The second-order valence-corrected chi connectivity index (χ2v) is 8.40. The molecule has 5 rings (SSSR count). The van der Waals surface area contributed by atoms with Crippen LogP contribution in [0.3, 0.4) is 0 Å². The Hall–Kier alpha value is -2.50. The Morgan fingerprint density at radius 2 is 1.86 bits per heavy atom. The highest BCUT2D eigenvalue weighted by Crippen LogP contribution is 2.49. The van der Waals surface area contributed by atoms with Crippen LogP contribution < -0.4 is 9.47 Å². The Balaban J connectivity index is 1.62. The third kappa shape index (κ3) is 3.28. The van der Waals surface area contributed by atoms with Gasteiger partial charge < -0.3 is 9.47 Å². The molecule has 0 aliphatic carbocycles. The van der Waals surface area contributed by atoms with E-state index in [1.807, 2.05) is 60.7 Å². The van der Waals surface area contributed by atoms with Crippen molar-refractivity contribution in [2.24, 2.45) is 5.10 Å². The number of halogens is 2. The van der Waals surface area contributed by atoms with Crippen molar-refractivity contribution in [3.05, 3.63) is 92.9 Å². The minimum atomic E-state index is -0.366. The number of methoxy groups -OCH3 is 1. The number of hydrazone groups is 1. The normalized spacial score (nSPS) is 19.8. The van der Waals surface area contributed by atoms with Gasteiger partial charge in [-0.15, -0.1) is 0 Å². The molecule has 0 spiro atoms. The molecular formula is C23H18BrClN2O2. The lowest BCUT2D eigenvalue weighted by atomic mass is 9.96. The first-order valence-electron chi connectivity index (χ1n) is 9.35. The van der Waals surface area contributed by atoms with Crippen LogP contribution in [0.4, 0.5) is 0 Å². The average molecular weight is 470 g/mol. The Kier molecular flexibility index (Phi) is 4.72. The van der Waals surface area contributed by atoms with Crippen LogP contribution in [0.1, 0.15) is 35.4 Å². The van der Waals surface area contributed by atoms with Crippen LogP contribution in [0.15, 0.2) is 76.3 Å². The van der Waals surface area contributed by atoms with Gasteiger partial charge in [-0.1, -0.05) is 51.8 Å². The lowest BCUT2D eigenvalue weighted by Gasteiger charge is -2.38. The first kappa shape index (κ1) is 18.5. The molecule has 146 valence electrons. The minimum Gasteiger partial charge on any atom is -0.496 e. The van der Waals surface area contributed by atoms with E-state index < -0.39 is 0 Å². The van der Waals surface area contributed by atoms with Crippen molar-refractivity contribution in [1.29, 1.82) is 0 Å². The van der Waals surface area contributed by atoms with E-state index in [0.717, 1.165) is 49.8 Å². The van der Waals surface area contributed by atoms with Crippen LogP contribution in [0.5, 0.6) is 11.5 Å². The number of ether oxygens (including phenoxy) is 2. The van der Waals surface area contributed by atoms with Crippen molar-refractivity contribution in [2.75, 3.05) is 7.11 Å². The molecule has 0 bridgehead atoms. The summed E-state index contributed by atoms with van der Waals surface area (Å²) >= 11 is 9.66. The van der Waals surface area contributed by atoms with Gasteiger partial charge in [0, 0.05) is 21.5 Å². The van der Waals surface area contributed by atoms with Crippen molar-refractivity contribution in [3.8, 4) is 11.5 Å². The predicted molar refractivity (Wildman–Crippen MR) is 118 cm³/mol. The highest BCUT2D eigenvalue weighted by molar-refractivity contribution is 9.10. The molecule has 3 aromatic carbocycles. The quantitative estimate of drug-likeness (QED) is 0.448. The number of para-hydroxylation sites is 1. The highest BCUT2D eigenvalue weighted by atomic mass is 79.9. The van der Waals surface area contributed by atoms with Crippen LogP contribution in [-0.2, 0) is 0 Å². The molecule has 2 atom stereocenters. The number of benzene rings is 3. The molecule has 2 heterocycles. The van der Waals surface area contributed by atoms with Gasteiger partial charge in [0.25, 0.3) is 0 Å². The van der Waals surface area contributed by atoms with Crippen LogP contribution in [0.2, 0.25) is 5.02 Å². The summed E-state index contributed by atoms with van der Waals surface area (Å²) in [5.41, 5.74) is 4.16. The second-order valence-electron chi connectivity index (χ2n) is 7.05. The number of hydrogen-bond acceptors (Lipinski definition) is 4. The minimum absolute atomic E-state index is 0.0804. The van der Waals surface area contributed by atoms with Gasteiger partial charge in [-0.3, -0.25) is 0 Å². The molecule has 0 saturated carbocycles. The van der Waals surface area contributed by atoms with E-state index in [1.54, 1.807) is 7.11 Å². The van der Waals surface area contributed by atoms with E-state index in [9.17, 15) is 0 Å². The molecule has 0 fully saturated rings. The molecule has 29 heavy (non-hydrogen) atoms. The van der Waals surface area contributed by atoms with E-state index in [4.69, 9.17) is 26.2 Å². The third-order valence-corrected chi connectivity index (χ3v) is 6.08. The molecular weight excluding hydrogens is 452 g/mol. The molecule has 2 aliphatic rings. The molecule has 2 aliphatic heterocycles. The third-order valence-electron chi connectivity index (χ3n) is 5.33. The SMILES string of the molecule is COc1ccccc1C1Oc2ccc(Br)cc2C2CC(c3ccc(Cl)cc3)=NN21. The van der Waals surface area contributed by atoms with Gasteiger partial charge in [0.05, 0.1) is 24.4 Å². The van der Waals surface area contributed by atoms with E-state index in [1.165, 1.54) is 0 Å². The van der Waals surface area contributed by atoms with E-state index in [-0.39, 0.29) is 12.3 Å². The number of nitrogens with zero attached hydrogens (tertiary/aromatic N) is 2. The molecule has 0 amide bonds. The monoisotopic (exact) mass is 468 g/mol. The molecule has 0 N–H and O–H groups in total. The Labute approximate surface area is 182 Å². The van der Waals surface area contributed by atoms with Gasteiger partial charge in [0.1, 0.15) is 11.5 Å². The maximum absolute atomic E-state index is 6.43. The van der Waals surface area contributed by atoms with E-state index >= 15 is 0 Å². The van der Waals surface area contributed by atoms with Crippen LogP contribution in [0, 0.1) is 0 Å². The van der Waals surface area contributed by atoms with Crippen molar-refractivity contribution >= 4 is 33.2 Å². The summed E-state index contributed by atoms with van der Waals surface area (Å²) in [6.45, 7) is 0. The molecule has 0 radical (unpaired) electrons. The smallest absolute Gasteiger partial charge is 0.217 e. The topological polar surface area (TPSA) is 34.1 Å². The fraction of sp³-hybridized carbons (Fsp3) is 0.174. The Morgan fingerprint density at radius 1 is 1.07 bits per heavy atom. The molecule has 0 aromatic heterocycles. The summed E-state index contributed by atoms with van der Waals surface area (Å²) in [5, 5.41) is 7.75. The van der Waals surface area contributed by atoms with Gasteiger partial charge in [0.2, 0.25) is 6.23 Å². The molecule has 6 heteroatoms.